The lowest BCUT2D eigenvalue weighted by Crippen LogP contribution is -1.72. The van der Waals surface area contributed by atoms with Crippen molar-refractivity contribution in [2.75, 3.05) is 0 Å². The summed E-state index contributed by atoms with van der Waals surface area (Å²) in [5.74, 6) is 0. The molecule has 42 valence electrons. The van der Waals surface area contributed by atoms with Crippen molar-refractivity contribution in [1.29, 1.82) is 0 Å². The van der Waals surface area contributed by atoms with Crippen molar-refractivity contribution in [3.63, 3.8) is 0 Å². The summed E-state index contributed by atoms with van der Waals surface area (Å²) in [5, 5.41) is 0. The Morgan fingerprint density at radius 1 is 1.88 bits per heavy atom. The molecular formula is C5H5NOS. The van der Waals surface area contributed by atoms with Gasteiger partial charge in [0, 0.05) is 4.88 Å². The van der Waals surface area contributed by atoms with Crippen molar-refractivity contribution in [1.82, 2.24) is 4.37 Å². The normalized spacial score (nSPS) is 9.12. The number of aromatic nitrogens is 1. The van der Waals surface area contributed by atoms with Crippen molar-refractivity contribution in [3.05, 3.63) is 16.6 Å². The number of carbonyl (C=O) groups excluding carboxylic acids is 1. The van der Waals surface area contributed by atoms with E-state index in [0.29, 0.717) is 5.69 Å². The first-order valence-corrected chi connectivity index (χ1v) is 2.99. The van der Waals surface area contributed by atoms with Crippen LogP contribution in [0.15, 0.2) is 6.07 Å². The van der Waals surface area contributed by atoms with Crippen LogP contribution < -0.4 is 0 Å². The van der Waals surface area contributed by atoms with Crippen molar-refractivity contribution in [2.45, 2.75) is 6.92 Å². The van der Waals surface area contributed by atoms with E-state index in [4.69, 9.17) is 0 Å². The molecule has 0 fully saturated rings. The second kappa shape index (κ2) is 2.05. The summed E-state index contributed by atoms with van der Waals surface area (Å²) in [5.41, 5.74) is 0.535. The molecule has 0 saturated heterocycles. The second-order valence-corrected chi connectivity index (χ2v) is 2.49. The SMILES string of the molecule is Cc1cc(C=O)ns1. The number of aldehydes is 1. The average Bonchev–Trinajstić information content (AvgIpc) is 2.14. The molecule has 0 aromatic carbocycles. The lowest BCUT2D eigenvalue weighted by molar-refractivity contribution is 0.112. The van der Waals surface area contributed by atoms with Crippen LogP contribution in [0.25, 0.3) is 0 Å². The van der Waals surface area contributed by atoms with Crippen LogP contribution in [0, 0.1) is 6.92 Å². The zero-order valence-corrected chi connectivity index (χ0v) is 5.23. The molecule has 1 aromatic rings. The molecule has 0 bridgehead atoms. The third-order valence-corrected chi connectivity index (χ3v) is 1.47. The average molecular weight is 127 g/mol. The number of rotatable bonds is 1. The van der Waals surface area contributed by atoms with Gasteiger partial charge < -0.3 is 0 Å². The largest absolute Gasteiger partial charge is 0.296 e. The molecule has 0 radical (unpaired) electrons. The van der Waals surface area contributed by atoms with Crippen LogP contribution in [-0.4, -0.2) is 10.7 Å². The zero-order chi connectivity index (χ0) is 5.98. The number of hydrogen-bond donors (Lipinski definition) is 0. The molecule has 1 heterocycles. The first kappa shape index (κ1) is 5.44. The number of nitrogens with zero attached hydrogens (tertiary/aromatic N) is 1. The van der Waals surface area contributed by atoms with Gasteiger partial charge in [-0.2, -0.15) is 4.37 Å². The molecule has 0 aliphatic rings. The van der Waals surface area contributed by atoms with E-state index < -0.39 is 0 Å². The van der Waals surface area contributed by atoms with Gasteiger partial charge in [-0.05, 0) is 24.5 Å². The van der Waals surface area contributed by atoms with Gasteiger partial charge in [0.1, 0.15) is 5.69 Å². The molecule has 0 atom stereocenters. The summed E-state index contributed by atoms with van der Waals surface area (Å²) in [4.78, 5) is 11.0. The molecule has 0 aliphatic carbocycles. The monoisotopic (exact) mass is 127 g/mol. The minimum Gasteiger partial charge on any atom is -0.296 e. The van der Waals surface area contributed by atoms with Gasteiger partial charge >= 0.3 is 0 Å². The first-order valence-electron chi connectivity index (χ1n) is 2.21. The van der Waals surface area contributed by atoms with Crippen LogP contribution in [0.2, 0.25) is 0 Å². The van der Waals surface area contributed by atoms with Gasteiger partial charge in [-0.3, -0.25) is 4.79 Å². The Morgan fingerprint density at radius 3 is 2.88 bits per heavy atom. The number of aryl methyl sites for hydroxylation is 1. The highest BCUT2D eigenvalue weighted by Crippen LogP contribution is 2.04. The van der Waals surface area contributed by atoms with Gasteiger partial charge in [-0.1, -0.05) is 0 Å². The maximum absolute atomic E-state index is 9.96. The van der Waals surface area contributed by atoms with E-state index in [0.717, 1.165) is 11.2 Å². The van der Waals surface area contributed by atoms with Gasteiger partial charge in [-0.15, -0.1) is 0 Å². The van der Waals surface area contributed by atoms with Crippen molar-refractivity contribution < 1.29 is 4.79 Å². The standard InChI is InChI=1S/C5H5NOS/c1-4-2-5(3-7)6-8-4/h2-3H,1H3. The Morgan fingerprint density at radius 2 is 2.62 bits per heavy atom. The highest BCUT2D eigenvalue weighted by atomic mass is 32.1. The summed E-state index contributed by atoms with van der Waals surface area (Å²) in [7, 11) is 0. The predicted octanol–water partition coefficient (Wildman–Crippen LogP) is 1.26. The Kier molecular flexibility index (Phi) is 1.39. The fourth-order valence-electron chi connectivity index (χ4n) is 0.441. The molecule has 8 heavy (non-hydrogen) atoms. The Labute approximate surface area is 51.3 Å². The summed E-state index contributed by atoms with van der Waals surface area (Å²) in [6.07, 6.45) is 0.753. The fraction of sp³-hybridized carbons (Fsp3) is 0.200. The minimum absolute atomic E-state index is 0.535. The number of hydrogen-bond acceptors (Lipinski definition) is 3. The van der Waals surface area contributed by atoms with Crippen molar-refractivity contribution in [2.24, 2.45) is 0 Å². The Bertz CT molecular complexity index is 194. The predicted molar refractivity (Wildman–Crippen MR) is 32.2 cm³/mol. The highest BCUT2D eigenvalue weighted by molar-refractivity contribution is 7.05. The molecule has 1 rings (SSSR count). The molecule has 0 aliphatic heterocycles. The maximum Gasteiger partial charge on any atom is 0.169 e. The summed E-state index contributed by atoms with van der Waals surface area (Å²) in [6, 6.07) is 1.76. The van der Waals surface area contributed by atoms with E-state index >= 15 is 0 Å². The molecule has 0 N–H and O–H groups in total. The van der Waals surface area contributed by atoms with E-state index in [1.807, 2.05) is 6.92 Å². The topological polar surface area (TPSA) is 30.0 Å². The molecule has 1 aromatic heterocycles. The van der Waals surface area contributed by atoms with Crippen LogP contribution in [0.1, 0.15) is 15.4 Å². The highest BCUT2D eigenvalue weighted by Gasteiger charge is 1.92. The van der Waals surface area contributed by atoms with Gasteiger partial charge in [-0.25, -0.2) is 0 Å². The van der Waals surface area contributed by atoms with E-state index in [2.05, 4.69) is 4.37 Å². The summed E-state index contributed by atoms with van der Waals surface area (Å²) < 4.78 is 3.81. The molecule has 3 heteroatoms. The fourth-order valence-corrected chi connectivity index (χ4v) is 0.960. The van der Waals surface area contributed by atoms with Crippen LogP contribution in [0.3, 0.4) is 0 Å². The maximum atomic E-state index is 9.96. The first-order chi connectivity index (χ1) is 3.83. The van der Waals surface area contributed by atoms with Gasteiger partial charge in [0.25, 0.3) is 0 Å². The third kappa shape index (κ3) is 0.924. The Balaban J connectivity index is 3.00. The van der Waals surface area contributed by atoms with Crippen LogP contribution >= 0.6 is 11.5 Å². The second-order valence-electron chi connectivity index (χ2n) is 1.48. The van der Waals surface area contributed by atoms with E-state index in [1.165, 1.54) is 11.5 Å². The molecule has 2 nitrogen and oxygen atoms in total. The van der Waals surface area contributed by atoms with Crippen LogP contribution in [0.5, 0.6) is 0 Å². The lowest BCUT2D eigenvalue weighted by atomic mass is 10.4. The van der Waals surface area contributed by atoms with E-state index in [9.17, 15) is 4.79 Å². The number of carbonyl (C=O) groups is 1. The summed E-state index contributed by atoms with van der Waals surface area (Å²) in [6.45, 7) is 1.92. The van der Waals surface area contributed by atoms with E-state index in [1.54, 1.807) is 6.07 Å². The van der Waals surface area contributed by atoms with Crippen molar-refractivity contribution >= 4 is 17.8 Å². The van der Waals surface area contributed by atoms with Crippen molar-refractivity contribution in [3.8, 4) is 0 Å². The molecule has 0 amide bonds. The van der Waals surface area contributed by atoms with Gasteiger partial charge in [0.05, 0.1) is 0 Å². The van der Waals surface area contributed by atoms with E-state index in [-0.39, 0.29) is 0 Å². The third-order valence-electron chi connectivity index (χ3n) is 0.767. The smallest absolute Gasteiger partial charge is 0.169 e. The van der Waals surface area contributed by atoms with Crippen LogP contribution in [-0.2, 0) is 0 Å². The lowest BCUT2D eigenvalue weighted by Gasteiger charge is -1.67. The zero-order valence-electron chi connectivity index (χ0n) is 4.42. The quantitative estimate of drug-likeness (QED) is 0.531. The molecule has 0 spiro atoms. The molecule has 0 saturated carbocycles. The Hall–Kier alpha value is -0.700. The van der Waals surface area contributed by atoms with Gasteiger partial charge in [0.15, 0.2) is 6.29 Å². The summed E-state index contributed by atoms with van der Waals surface area (Å²) >= 11 is 1.35. The van der Waals surface area contributed by atoms with Crippen LogP contribution in [0.4, 0.5) is 0 Å². The molecule has 0 unspecified atom stereocenters. The molecular weight excluding hydrogens is 122 g/mol. The van der Waals surface area contributed by atoms with Gasteiger partial charge in [0.2, 0.25) is 0 Å². The minimum atomic E-state index is 0.535.